The second-order valence-electron chi connectivity index (χ2n) is 5.08. The van der Waals surface area contributed by atoms with Gasteiger partial charge in [-0.25, -0.2) is 0 Å². The van der Waals surface area contributed by atoms with E-state index in [-0.39, 0.29) is 11.0 Å². The number of carboxylic acid groups (broad SMARTS) is 1. The van der Waals surface area contributed by atoms with Gasteiger partial charge in [0.2, 0.25) is 0 Å². The molecule has 1 aliphatic rings. The molecule has 0 radical (unpaired) electrons. The van der Waals surface area contributed by atoms with Crippen molar-refractivity contribution in [2.24, 2.45) is 5.92 Å². The van der Waals surface area contributed by atoms with E-state index in [2.05, 4.69) is 10.3 Å². The lowest BCUT2D eigenvalue weighted by Crippen LogP contribution is -2.44. The van der Waals surface area contributed by atoms with Gasteiger partial charge in [-0.3, -0.25) is 14.4 Å². The second-order valence-corrected chi connectivity index (χ2v) is 5.08. The van der Waals surface area contributed by atoms with Crippen molar-refractivity contribution in [1.29, 1.82) is 0 Å². The number of hydrogen-bond donors (Lipinski definition) is 3. The molecule has 3 N–H and O–H groups in total. The minimum Gasteiger partial charge on any atom is -0.481 e. The van der Waals surface area contributed by atoms with Gasteiger partial charge in [-0.05, 0) is 12.8 Å². The lowest BCUT2D eigenvalue weighted by atomic mass is 9.94. The molecule has 0 saturated heterocycles. The minimum absolute atomic E-state index is 0.0147. The molecule has 1 aromatic rings. The Balaban J connectivity index is 2.14. The minimum atomic E-state index is -0.890. The van der Waals surface area contributed by atoms with E-state index in [0.29, 0.717) is 12.8 Å². The van der Waals surface area contributed by atoms with E-state index in [1.54, 1.807) is 0 Å². The predicted molar refractivity (Wildman–Crippen MR) is 72.5 cm³/mol. The number of H-pyrrole nitrogens is 1. The highest BCUT2D eigenvalue weighted by atomic mass is 16.4. The lowest BCUT2D eigenvalue weighted by molar-refractivity contribution is -0.142. The molecule has 1 aromatic heterocycles. The van der Waals surface area contributed by atoms with Crippen LogP contribution in [0.15, 0.2) is 23.3 Å². The number of hydrogen-bond acceptors (Lipinski definition) is 3. The number of rotatable bonds is 3. The molecule has 20 heavy (non-hydrogen) atoms. The predicted octanol–water partition coefficient (Wildman–Crippen LogP) is 1.14. The summed E-state index contributed by atoms with van der Waals surface area (Å²) in [5.74, 6) is -1.98. The number of carbonyl (C=O) groups is 2. The first-order chi connectivity index (χ1) is 9.59. The van der Waals surface area contributed by atoms with Crippen LogP contribution in [0.1, 0.15) is 42.5 Å². The molecular weight excluding hydrogens is 260 g/mol. The molecule has 6 heteroatoms. The van der Waals surface area contributed by atoms with E-state index in [1.165, 1.54) is 18.5 Å². The van der Waals surface area contributed by atoms with Crippen molar-refractivity contribution < 1.29 is 14.7 Å². The molecule has 2 atom stereocenters. The third kappa shape index (κ3) is 3.26. The number of carboxylic acids is 1. The summed E-state index contributed by atoms with van der Waals surface area (Å²) in [4.78, 5) is 37.7. The van der Waals surface area contributed by atoms with Gasteiger partial charge in [-0.1, -0.05) is 19.3 Å². The highest BCUT2D eigenvalue weighted by Gasteiger charge is 2.31. The van der Waals surface area contributed by atoms with Gasteiger partial charge in [0.05, 0.1) is 5.92 Å². The lowest BCUT2D eigenvalue weighted by Gasteiger charge is -2.22. The average Bonchev–Trinajstić information content (AvgIpc) is 2.64. The fraction of sp³-hybridized carbons (Fsp3) is 0.500. The van der Waals surface area contributed by atoms with Crippen LogP contribution in [0.25, 0.3) is 0 Å². The molecule has 2 rings (SSSR count). The molecule has 2 unspecified atom stereocenters. The van der Waals surface area contributed by atoms with Crippen LogP contribution >= 0.6 is 0 Å². The number of pyridine rings is 1. The topological polar surface area (TPSA) is 99.3 Å². The number of aromatic nitrogens is 1. The largest absolute Gasteiger partial charge is 0.481 e. The Morgan fingerprint density at radius 3 is 2.70 bits per heavy atom. The maximum absolute atomic E-state index is 12.1. The zero-order chi connectivity index (χ0) is 14.5. The Morgan fingerprint density at radius 1 is 1.25 bits per heavy atom. The van der Waals surface area contributed by atoms with E-state index < -0.39 is 23.8 Å². The highest BCUT2D eigenvalue weighted by molar-refractivity contribution is 5.94. The molecular formula is C14H18N2O4. The quantitative estimate of drug-likeness (QED) is 0.722. The van der Waals surface area contributed by atoms with Crippen LogP contribution in [-0.4, -0.2) is 28.0 Å². The Hall–Kier alpha value is -2.11. The van der Waals surface area contributed by atoms with E-state index in [1.807, 2.05) is 0 Å². The van der Waals surface area contributed by atoms with Gasteiger partial charge >= 0.3 is 5.97 Å². The van der Waals surface area contributed by atoms with Crippen LogP contribution in [-0.2, 0) is 4.79 Å². The first-order valence-corrected chi connectivity index (χ1v) is 6.80. The molecule has 1 amide bonds. The average molecular weight is 278 g/mol. The molecule has 0 aliphatic heterocycles. The molecule has 108 valence electrons. The number of aliphatic carboxylic acids is 1. The van der Waals surface area contributed by atoms with E-state index in [9.17, 15) is 19.5 Å². The standard InChI is InChI=1S/C14H18N2O4/c17-12-6-7-15-8-10(12)13(18)16-11-5-3-1-2-4-9(11)14(19)20/h6-9,11H,1-5H2,(H,15,17)(H,16,18)(H,19,20). The van der Waals surface area contributed by atoms with Crippen molar-refractivity contribution in [3.63, 3.8) is 0 Å². The van der Waals surface area contributed by atoms with Crippen molar-refractivity contribution in [1.82, 2.24) is 10.3 Å². The van der Waals surface area contributed by atoms with Crippen molar-refractivity contribution in [2.75, 3.05) is 0 Å². The molecule has 1 aliphatic carbocycles. The molecule has 1 heterocycles. The first kappa shape index (κ1) is 14.3. The van der Waals surface area contributed by atoms with E-state index in [0.717, 1.165) is 19.3 Å². The maximum Gasteiger partial charge on any atom is 0.308 e. The molecule has 6 nitrogen and oxygen atoms in total. The van der Waals surface area contributed by atoms with Gasteiger partial charge in [0.1, 0.15) is 5.56 Å². The normalized spacial score (nSPS) is 22.8. The van der Waals surface area contributed by atoms with Crippen LogP contribution in [0.4, 0.5) is 0 Å². The summed E-state index contributed by atoms with van der Waals surface area (Å²) >= 11 is 0. The Kier molecular flexibility index (Phi) is 4.55. The third-order valence-corrected chi connectivity index (χ3v) is 3.72. The van der Waals surface area contributed by atoms with Crippen LogP contribution in [0.5, 0.6) is 0 Å². The van der Waals surface area contributed by atoms with Crippen molar-refractivity contribution in [3.05, 3.63) is 34.2 Å². The SMILES string of the molecule is O=C(NC1CCCCCC1C(=O)O)c1c[nH]ccc1=O. The second kappa shape index (κ2) is 6.36. The summed E-state index contributed by atoms with van der Waals surface area (Å²) in [5.41, 5.74) is -0.359. The number of aromatic amines is 1. The zero-order valence-electron chi connectivity index (χ0n) is 11.1. The van der Waals surface area contributed by atoms with Gasteiger partial charge in [0, 0.05) is 24.5 Å². The summed E-state index contributed by atoms with van der Waals surface area (Å²) in [6.07, 6.45) is 6.70. The summed E-state index contributed by atoms with van der Waals surface area (Å²) in [6.45, 7) is 0. The Labute approximate surface area is 116 Å². The van der Waals surface area contributed by atoms with Crippen molar-refractivity contribution in [3.8, 4) is 0 Å². The fourth-order valence-corrected chi connectivity index (χ4v) is 2.62. The summed E-state index contributed by atoms with van der Waals surface area (Å²) in [5, 5.41) is 12.0. The van der Waals surface area contributed by atoms with Gasteiger partial charge in [-0.15, -0.1) is 0 Å². The van der Waals surface area contributed by atoms with Crippen LogP contribution in [0.3, 0.4) is 0 Å². The van der Waals surface area contributed by atoms with Gasteiger partial charge in [0.15, 0.2) is 5.43 Å². The number of carbonyl (C=O) groups excluding carboxylic acids is 1. The van der Waals surface area contributed by atoms with Gasteiger partial charge < -0.3 is 15.4 Å². The monoisotopic (exact) mass is 278 g/mol. The zero-order valence-corrected chi connectivity index (χ0v) is 11.1. The number of nitrogens with one attached hydrogen (secondary N) is 2. The molecule has 1 fully saturated rings. The molecule has 1 saturated carbocycles. The summed E-state index contributed by atoms with van der Waals surface area (Å²) in [7, 11) is 0. The summed E-state index contributed by atoms with van der Waals surface area (Å²) < 4.78 is 0. The molecule has 0 spiro atoms. The van der Waals surface area contributed by atoms with E-state index >= 15 is 0 Å². The first-order valence-electron chi connectivity index (χ1n) is 6.80. The Morgan fingerprint density at radius 2 is 2.00 bits per heavy atom. The molecule has 0 aromatic carbocycles. The maximum atomic E-state index is 12.1. The third-order valence-electron chi connectivity index (χ3n) is 3.72. The summed E-state index contributed by atoms with van der Waals surface area (Å²) in [6, 6.07) is 0.860. The van der Waals surface area contributed by atoms with Gasteiger partial charge in [0.25, 0.3) is 5.91 Å². The smallest absolute Gasteiger partial charge is 0.308 e. The fourth-order valence-electron chi connectivity index (χ4n) is 2.62. The molecule has 0 bridgehead atoms. The van der Waals surface area contributed by atoms with Gasteiger partial charge in [-0.2, -0.15) is 0 Å². The van der Waals surface area contributed by atoms with Crippen molar-refractivity contribution >= 4 is 11.9 Å². The van der Waals surface area contributed by atoms with Crippen LogP contribution < -0.4 is 10.7 Å². The highest BCUT2D eigenvalue weighted by Crippen LogP contribution is 2.24. The van der Waals surface area contributed by atoms with Crippen molar-refractivity contribution in [2.45, 2.75) is 38.1 Å². The van der Waals surface area contributed by atoms with E-state index in [4.69, 9.17) is 0 Å². The van der Waals surface area contributed by atoms with Crippen LogP contribution in [0.2, 0.25) is 0 Å². The Bertz CT molecular complexity index is 552. The van der Waals surface area contributed by atoms with Crippen LogP contribution in [0, 0.1) is 5.92 Å². The number of amides is 1.